The topological polar surface area (TPSA) is 56.7 Å². The quantitative estimate of drug-likeness (QED) is 0.176. The average Bonchev–Trinajstić information content (AvgIpc) is 4.00. The van der Waals surface area contributed by atoms with Gasteiger partial charge in [0.2, 0.25) is 0 Å². The Bertz CT molecular complexity index is 3830. The van der Waals surface area contributed by atoms with E-state index in [0.29, 0.717) is 39.9 Å². The van der Waals surface area contributed by atoms with Crippen LogP contribution in [-0.4, -0.2) is 19.5 Å². The molecule has 266 valence electrons. The Morgan fingerprint density at radius 3 is 1.91 bits per heavy atom. The monoisotopic (exact) mass is 752 g/mol. The molecule has 0 unspecified atom stereocenters. The molecule has 0 bridgehead atoms. The summed E-state index contributed by atoms with van der Waals surface area (Å²) in [6, 6.07) is 45.6. The number of aromatic nitrogens is 4. The minimum absolute atomic E-state index is 0.0613. The maximum absolute atomic E-state index is 9.43. The first-order chi connectivity index (χ1) is 30.7. The van der Waals surface area contributed by atoms with E-state index in [1.54, 1.807) is 15.9 Å². The molecule has 0 saturated heterocycles. The molecular formula is C51H30N4OS. The number of hydrogen-bond donors (Lipinski definition) is 0. The molecule has 0 spiro atoms. The van der Waals surface area contributed by atoms with Crippen molar-refractivity contribution in [2.75, 3.05) is 0 Å². The van der Waals surface area contributed by atoms with Crippen molar-refractivity contribution in [3.8, 4) is 51.0 Å². The van der Waals surface area contributed by atoms with E-state index >= 15 is 0 Å². The predicted octanol–water partition coefficient (Wildman–Crippen LogP) is 13.9. The fourth-order valence-corrected chi connectivity index (χ4v) is 9.32. The van der Waals surface area contributed by atoms with Gasteiger partial charge in [0.05, 0.1) is 24.9 Å². The lowest BCUT2D eigenvalue weighted by Gasteiger charge is -2.19. The zero-order chi connectivity index (χ0) is 42.7. The minimum atomic E-state index is -0.191. The van der Waals surface area contributed by atoms with Crippen LogP contribution in [0, 0.1) is 0 Å². The maximum Gasteiger partial charge on any atom is 0.166 e. The van der Waals surface area contributed by atoms with Gasteiger partial charge in [0, 0.05) is 69.5 Å². The Hall–Kier alpha value is -7.41. The Labute approximate surface area is 339 Å². The molecule has 12 aromatic rings. The van der Waals surface area contributed by atoms with E-state index < -0.39 is 0 Å². The van der Waals surface area contributed by atoms with Gasteiger partial charge in [0.1, 0.15) is 11.2 Å². The summed E-state index contributed by atoms with van der Waals surface area (Å²) in [5, 5.41) is 4.49. The number of thiophene rings is 1. The number of para-hydroxylation sites is 4. The van der Waals surface area contributed by atoms with Gasteiger partial charge in [-0.05, 0) is 42.4 Å². The number of benzene rings is 8. The van der Waals surface area contributed by atoms with Crippen LogP contribution in [0.2, 0.25) is 0 Å². The molecule has 0 aliphatic carbocycles. The molecule has 0 aliphatic rings. The Morgan fingerprint density at radius 2 is 1.09 bits per heavy atom. The molecule has 6 heteroatoms. The van der Waals surface area contributed by atoms with Crippen LogP contribution in [0.25, 0.3) is 115 Å². The molecule has 0 amide bonds. The first kappa shape index (κ1) is 26.4. The first-order valence-corrected chi connectivity index (χ1v) is 19.3. The normalized spacial score (nSPS) is 13.3. The van der Waals surface area contributed by atoms with Gasteiger partial charge in [-0.1, -0.05) is 139 Å². The van der Waals surface area contributed by atoms with Crippen LogP contribution in [0.1, 0.15) is 8.22 Å². The van der Waals surface area contributed by atoms with Crippen molar-refractivity contribution in [2.24, 2.45) is 0 Å². The van der Waals surface area contributed by atoms with E-state index in [2.05, 4.69) is 24.3 Å². The van der Waals surface area contributed by atoms with Gasteiger partial charge in [-0.3, -0.25) is 0 Å². The summed E-state index contributed by atoms with van der Waals surface area (Å²) >= 11 is 1.67. The Morgan fingerprint density at radius 1 is 0.456 bits per heavy atom. The molecule has 12 rings (SSSR count). The van der Waals surface area contributed by atoms with Crippen molar-refractivity contribution in [3.63, 3.8) is 0 Å². The lowest BCUT2D eigenvalue weighted by atomic mass is 9.97. The van der Waals surface area contributed by atoms with Crippen LogP contribution in [0.3, 0.4) is 0 Å². The van der Waals surface area contributed by atoms with Gasteiger partial charge in [0.15, 0.2) is 17.5 Å². The second-order valence-electron chi connectivity index (χ2n) is 13.9. The van der Waals surface area contributed by atoms with Gasteiger partial charge in [0.25, 0.3) is 0 Å². The lowest BCUT2D eigenvalue weighted by molar-refractivity contribution is 0.669. The van der Waals surface area contributed by atoms with Crippen LogP contribution < -0.4 is 0 Å². The smallest absolute Gasteiger partial charge is 0.166 e. The van der Waals surface area contributed by atoms with E-state index in [-0.39, 0.29) is 58.1 Å². The Kier molecular flexibility index (Phi) is 5.82. The highest BCUT2D eigenvalue weighted by Crippen LogP contribution is 2.46. The second-order valence-corrected chi connectivity index (χ2v) is 14.9. The third kappa shape index (κ3) is 4.98. The molecule has 0 fully saturated rings. The number of fused-ring (bicyclic) bond motifs is 9. The minimum Gasteiger partial charge on any atom is -0.456 e. The zero-order valence-corrected chi connectivity index (χ0v) is 30.8. The maximum atomic E-state index is 9.43. The van der Waals surface area contributed by atoms with E-state index in [0.717, 1.165) is 53.2 Å². The predicted molar refractivity (Wildman–Crippen MR) is 236 cm³/mol. The third-order valence-corrected chi connectivity index (χ3v) is 11.8. The van der Waals surface area contributed by atoms with E-state index in [1.807, 2.05) is 109 Å². The number of furan rings is 1. The van der Waals surface area contributed by atoms with Gasteiger partial charge < -0.3 is 8.98 Å². The summed E-state index contributed by atoms with van der Waals surface area (Å²) in [4.78, 5) is 15.5. The highest BCUT2D eigenvalue weighted by molar-refractivity contribution is 7.26. The van der Waals surface area contributed by atoms with Crippen molar-refractivity contribution in [1.82, 2.24) is 19.5 Å². The van der Waals surface area contributed by atoms with Crippen LogP contribution in [0.5, 0.6) is 0 Å². The first-order valence-electron chi connectivity index (χ1n) is 21.5. The zero-order valence-electron chi connectivity index (χ0n) is 36.0. The molecule has 8 aromatic carbocycles. The summed E-state index contributed by atoms with van der Waals surface area (Å²) in [6.07, 6.45) is 0. The lowest BCUT2D eigenvalue weighted by Crippen LogP contribution is -2.05. The molecule has 0 aliphatic heterocycles. The molecule has 0 atom stereocenters. The molecule has 4 aromatic heterocycles. The van der Waals surface area contributed by atoms with Gasteiger partial charge >= 0.3 is 0 Å². The molecule has 0 saturated carbocycles. The highest BCUT2D eigenvalue weighted by Gasteiger charge is 2.24. The second kappa shape index (κ2) is 12.6. The molecule has 0 N–H and O–H groups in total. The van der Waals surface area contributed by atoms with Crippen molar-refractivity contribution in [2.45, 2.75) is 0 Å². The molecule has 0 radical (unpaired) electrons. The summed E-state index contributed by atoms with van der Waals surface area (Å²) in [5.74, 6) is 1.13. The van der Waals surface area contributed by atoms with E-state index in [4.69, 9.17) is 22.1 Å². The number of hydrogen-bond acceptors (Lipinski definition) is 5. The fourth-order valence-electron chi connectivity index (χ4n) is 8.09. The van der Waals surface area contributed by atoms with Crippen LogP contribution >= 0.6 is 11.3 Å². The number of nitrogens with zero attached hydrogens (tertiary/aromatic N) is 4. The summed E-state index contributed by atoms with van der Waals surface area (Å²) in [6.45, 7) is 0. The standard InChI is InChI=1S/C51H30N4OS/c1-2-14-31(15-3-1)49-52-50(32-28-29-36-35-18-6-10-26-44(35)56-45(36)30-32)54-51(53-49)41-23-12-20-38(40-22-13-21-39-37-19-7-11-27-46(37)57-48(39)40)47(41)55-42-24-8-4-16-33(42)34-17-5-9-25-43(34)55/h1-30H/i4D,5D,16D,17D,24D,25D. The van der Waals surface area contributed by atoms with Crippen molar-refractivity contribution >= 4 is 75.3 Å². The largest absolute Gasteiger partial charge is 0.456 e. The summed E-state index contributed by atoms with van der Waals surface area (Å²) in [5.41, 5.74) is 6.09. The average molecular weight is 753 g/mol. The van der Waals surface area contributed by atoms with E-state index in [1.165, 1.54) is 12.1 Å². The third-order valence-electron chi connectivity index (χ3n) is 10.6. The molecule has 5 nitrogen and oxygen atoms in total. The Balaban J connectivity index is 1.23. The van der Waals surface area contributed by atoms with Crippen LogP contribution in [-0.2, 0) is 0 Å². The molecule has 4 heterocycles. The van der Waals surface area contributed by atoms with Crippen molar-refractivity contribution < 1.29 is 12.6 Å². The summed E-state index contributed by atoms with van der Waals surface area (Å²) < 4.78 is 64.9. The van der Waals surface area contributed by atoms with Gasteiger partial charge in [-0.15, -0.1) is 11.3 Å². The highest BCUT2D eigenvalue weighted by atomic mass is 32.1. The summed E-state index contributed by atoms with van der Waals surface area (Å²) in [7, 11) is 0. The molecule has 57 heavy (non-hydrogen) atoms. The fraction of sp³-hybridized carbons (Fsp3) is 0. The molecular weight excluding hydrogens is 717 g/mol. The van der Waals surface area contributed by atoms with Crippen molar-refractivity contribution in [3.05, 3.63) is 182 Å². The SMILES string of the molecule is [2H]c1cc([2H])c2c(c1[2H])c1c([2H])c([2H])cc([2H])c1n2-c1c(-c2nc(-c3ccccc3)nc(-c3ccc4c(c3)oc3ccccc34)n2)cccc1-c1cccc2c1sc1ccccc12. The number of rotatable bonds is 5. The van der Waals surface area contributed by atoms with Crippen LogP contribution in [0.15, 0.2) is 186 Å². The van der Waals surface area contributed by atoms with Gasteiger partial charge in [-0.2, -0.15) is 0 Å². The van der Waals surface area contributed by atoms with E-state index in [9.17, 15) is 5.48 Å². The van der Waals surface area contributed by atoms with Crippen LogP contribution in [0.4, 0.5) is 0 Å². The van der Waals surface area contributed by atoms with Crippen molar-refractivity contribution in [1.29, 1.82) is 0 Å². The van der Waals surface area contributed by atoms with Gasteiger partial charge in [-0.25, -0.2) is 15.0 Å².